The maximum absolute atomic E-state index is 9.08. The van der Waals surface area contributed by atoms with Gasteiger partial charge in [0.2, 0.25) is 0 Å². The number of allylic oxidation sites excluding steroid dienone is 1. The van der Waals surface area contributed by atoms with Crippen LogP contribution in [0.1, 0.15) is 29.4 Å². The molecule has 0 saturated carbocycles. The number of aromatic nitrogens is 3. The molecule has 1 heterocycles. The third kappa shape index (κ3) is 3.21. The van der Waals surface area contributed by atoms with Gasteiger partial charge in [-0.1, -0.05) is 53.3 Å². The molecule has 1 aromatic carbocycles. The van der Waals surface area contributed by atoms with Crippen LogP contribution in [0, 0.1) is 18.3 Å². The zero-order chi connectivity index (χ0) is 14.5. The molecule has 4 heteroatoms. The van der Waals surface area contributed by atoms with Crippen molar-refractivity contribution in [2.45, 2.75) is 20.4 Å². The van der Waals surface area contributed by atoms with Gasteiger partial charge in [-0.3, -0.25) is 0 Å². The molecule has 0 fully saturated rings. The third-order valence-electron chi connectivity index (χ3n) is 2.81. The summed E-state index contributed by atoms with van der Waals surface area (Å²) in [5.74, 6) is 0. The van der Waals surface area contributed by atoms with Crippen molar-refractivity contribution >= 4 is 12.2 Å². The standard InChI is InChI=1S/C16H16N4/c1-12(2)11-20-16(15(10-17)18-19-20)9-8-14-6-4-13(3)5-7-14/h4-9H,1,11H2,2-3H3/b9-8+. The highest BCUT2D eigenvalue weighted by molar-refractivity contribution is 5.70. The minimum atomic E-state index is 0.328. The van der Waals surface area contributed by atoms with Crippen molar-refractivity contribution < 1.29 is 0 Å². The van der Waals surface area contributed by atoms with E-state index in [-0.39, 0.29) is 0 Å². The van der Waals surface area contributed by atoms with Gasteiger partial charge in [0.25, 0.3) is 0 Å². The summed E-state index contributed by atoms with van der Waals surface area (Å²) in [5.41, 5.74) is 4.28. The van der Waals surface area contributed by atoms with E-state index >= 15 is 0 Å². The van der Waals surface area contributed by atoms with Gasteiger partial charge in [0.05, 0.1) is 12.2 Å². The second-order valence-electron chi connectivity index (χ2n) is 4.79. The van der Waals surface area contributed by atoms with Crippen LogP contribution in [0.15, 0.2) is 36.4 Å². The molecule has 0 N–H and O–H groups in total. The third-order valence-corrected chi connectivity index (χ3v) is 2.81. The largest absolute Gasteiger partial charge is 0.240 e. The maximum Gasteiger partial charge on any atom is 0.190 e. The number of hydrogen-bond donors (Lipinski definition) is 0. The van der Waals surface area contributed by atoms with E-state index < -0.39 is 0 Å². The molecule has 0 aliphatic rings. The van der Waals surface area contributed by atoms with E-state index in [4.69, 9.17) is 5.26 Å². The van der Waals surface area contributed by atoms with Crippen molar-refractivity contribution in [3.05, 3.63) is 58.9 Å². The predicted molar refractivity (Wildman–Crippen MR) is 79.7 cm³/mol. The average Bonchev–Trinajstić information content (AvgIpc) is 2.79. The van der Waals surface area contributed by atoms with Crippen LogP contribution in [-0.2, 0) is 6.54 Å². The molecule has 2 aromatic rings. The molecule has 0 atom stereocenters. The summed E-state index contributed by atoms with van der Waals surface area (Å²) >= 11 is 0. The summed E-state index contributed by atoms with van der Waals surface area (Å²) in [5, 5.41) is 16.9. The van der Waals surface area contributed by atoms with E-state index in [0.29, 0.717) is 17.9 Å². The van der Waals surface area contributed by atoms with Gasteiger partial charge in [-0.2, -0.15) is 5.26 Å². The van der Waals surface area contributed by atoms with Gasteiger partial charge in [-0.15, -0.1) is 5.10 Å². The summed E-state index contributed by atoms with van der Waals surface area (Å²) in [4.78, 5) is 0. The molecule has 0 amide bonds. The fraction of sp³-hybridized carbons (Fsp3) is 0.188. The van der Waals surface area contributed by atoms with E-state index in [2.05, 4.69) is 23.0 Å². The molecular formula is C16H16N4. The first-order chi connectivity index (χ1) is 9.60. The lowest BCUT2D eigenvalue weighted by molar-refractivity contribution is 0.638. The van der Waals surface area contributed by atoms with Crippen LogP contribution >= 0.6 is 0 Å². The van der Waals surface area contributed by atoms with E-state index in [1.165, 1.54) is 5.56 Å². The Kier molecular flexibility index (Phi) is 4.11. The van der Waals surface area contributed by atoms with E-state index in [9.17, 15) is 0 Å². The lowest BCUT2D eigenvalue weighted by Crippen LogP contribution is -2.03. The lowest BCUT2D eigenvalue weighted by atomic mass is 10.1. The van der Waals surface area contributed by atoms with Gasteiger partial charge in [0.1, 0.15) is 6.07 Å². The van der Waals surface area contributed by atoms with Crippen LogP contribution in [0.4, 0.5) is 0 Å². The second-order valence-corrected chi connectivity index (χ2v) is 4.79. The van der Waals surface area contributed by atoms with Crippen LogP contribution in [0.5, 0.6) is 0 Å². The van der Waals surface area contributed by atoms with E-state index in [1.807, 2.05) is 50.3 Å². The molecule has 1 aromatic heterocycles. The molecule has 100 valence electrons. The van der Waals surface area contributed by atoms with Crippen molar-refractivity contribution in [3.63, 3.8) is 0 Å². The summed E-state index contributed by atoms with van der Waals surface area (Å²) in [6.45, 7) is 8.38. The minimum Gasteiger partial charge on any atom is -0.240 e. The number of rotatable bonds is 4. The van der Waals surface area contributed by atoms with Crippen LogP contribution < -0.4 is 0 Å². The molecule has 2 rings (SSSR count). The molecule has 0 saturated heterocycles. The first-order valence-corrected chi connectivity index (χ1v) is 6.33. The highest BCUT2D eigenvalue weighted by atomic mass is 15.4. The number of benzene rings is 1. The van der Waals surface area contributed by atoms with Crippen molar-refractivity contribution in [3.8, 4) is 6.07 Å². The predicted octanol–water partition coefficient (Wildman–Crippen LogP) is 3.20. The number of hydrogen-bond acceptors (Lipinski definition) is 3. The number of nitrogens with zero attached hydrogens (tertiary/aromatic N) is 4. The SMILES string of the molecule is C=C(C)Cn1nnc(C#N)c1/C=C/c1ccc(C)cc1. The molecule has 0 aliphatic heterocycles. The molecule has 0 unspecified atom stereocenters. The summed E-state index contributed by atoms with van der Waals surface area (Å²) in [6, 6.07) is 10.2. The van der Waals surface area contributed by atoms with Crippen LogP contribution in [0.25, 0.3) is 12.2 Å². The zero-order valence-corrected chi connectivity index (χ0v) is 11.7. The van der Waals surface area contributed by atoms with Gasteiger partial charge < -0.3 is 0 Å². The molecule has 0 spiro atoms. The molecule has 20 heavy (non-hydrogen) atoms. The fourth-order valence-electron chi connectivity index (χ4n) is 1.79. The smallest absolute Gasteiger partial charge is 0.190 e. The number of aryl methyl sites for hydroxylation is 1. The van der Waals surface area contributed by atoms with Gasteiger partial charge >= 0.3 is 0 Å². The first kappa shape index (κ1) is 13.8. The van der Waals surface area contributed by atoms with Crippen LogP contribution in [-0.4, -0.2) is 15.0 Å². The van der Waals surface area contributed by atoms with Crippen molar-refractivity contribution in [2.24, 2.45) is 0 Å². The van der Waals surface area contributed by atoms with Crippen molar-refractivity contribution in [2.75, 3.05) is 0 Å². The summed E-state index contributed by atoms with van der Waals surface area (Å²) in [6.07, 6.45) is 3.82. The van der Waals surface area contributed by atoms with Crippen LogP contribution in [0.3, 0.4) is 0 Å². The van der Waals surface area contributed by atoms with Gasteiger partial charge in [-0.25, -0.2) is 4.68 Å². The quantitative estimate of drug-likeness (QED) is 0.797. The Morgan fingerprint density at radius 2 is 2.05 bits per heavy atom. The Hall–Kier alpha value is -2.67. The number of nitriles is 1. The molecule has 0 radical (unpaired) electrons. The highest BCUT2D eigenvalue weighted by Gasteiger charge is 2.09. The highest BCUT2D eigenvalue weighted by Crippen LogP contribution is 2.12. The van der Waals surface area contributed by atoms with Crippen LogP contribution in [0.2, 0.25) is 0 Å². The van der Waals surface area contributed by atoms with Crippen molar-refractivity contribution in [1.29, 1.82) is 5.26 Å². The van der Waals surface area contributed by atoms with Gasteiger partial charge in [0.15, 0.2) is 5.69 Å². The Morgan fingerprint density at radius 3 is 2.65 bits per heavy atom. The van der Waals surface area contributed by atoms with Gasteiger partial charge in [-0.05, 0) is 25.5 Å². The Labute approximate surface area is 118 Å². The summed E-state index contributed by atoms with van der Waals surface area (Å²) < 4.78 is 1.69. The monoisotopic (exact) mass is 264 g/mol. The topological polar surface area (TPSA) is 54.5 Å². The zero-order valence-electron chi connectivity index (χ0n) is 11.7. The molecule has 0 aliphatic carbocycles. The summed E-state index contributed by atoms with van der Waals surface area (Å²) in [7, 11) is 0. The van der Waals surface area contributed by atoms with E-state index in [0.717, 1.165) is 11.1 Å². The molecule has 0 bridgehead atoms. The minimum absolute atomic E-state index is 0.328. The Balaban J connectivity index is 2.32. The normalized spacial score (nSPS) is 10.7. The average molecular weight is 264 g/mol. The lowest BCUT2D eigenvalue weighted by Gasteiger charge is -2.02. The van der Waals surface area contributed by atoms with E-state index in [1.54, 1.807) is 4.68 Å². The molecular weight excluding hydrogens is 248 g/mol. The second kappa shape index (κ2) is 5.98. The fourth-order valence-corrected chi connectivity index (χ4v) is 1.79. The van der Waals surface area contributed by atoms with Gasteiger partial charge in [0, 0.05) is 0 Å². The first-order valence-electron chi connectivity index (χ1n) is 6.33. The maximum atomic E-state index is 9.08. The van der Waals surface area contributed by atoms with Crippen molar-refractivity contribution in [1.82, 2.24) is 15.0 Å². The Morgan fingerprint density at radius 1 is 1.35 bits per heavy atom. The molecule has 4 nitrogen and oxygen atoms in total. The Bertz CT molecular complexity index is 684.